The van der Waals surface area contributed by atoms with Crippen molar-refractivity contribution < 1.29 is 4.79 Å². The minimum absolute atomic E-state index is 0.207. The molecule has 4 rings (SSSR count). The van der Waals surface area contributed by atoms with Crippen LogP contribution in [0.4, 0.5) is 5.82 Å². The van der Waals surface area contributed by atoms with Crippen molar-refractivity contribution in [2.75, 3.05) is 31.1 Å². The Labute approximate surface area is 174 Å². The molecule has 1 fully saturated rings. The fourth-order valence-corrected chi connectivity index (χ4v) is 3.74. The highest BCUT2D eigenvalue weighted by Gasteiger charge is 2.25. The summed E-state index contributed by atoms with van der Waals surface area (Å²) in [6, 6.07) is 7.24. The Kier molecular flexibility index (Phi) is 5.11. The molecule has 0 aliphatic carbocycles. The van der Waals surface area contributed by atoms with E-state index in [0.717, 1.165) is 23.0 Å². The number of aromatic nitrogens is 5. The Balaban J connectivity index is 1.52. The van der Waals surface area contributed by atoms with E-state index in [1.54, 1.807) is 30.3 Å². The monoisotopic (exact) mass is 407 g/mol. The Morgan fingerprint density at radius 1 is 1.00 bits per heavy atom. The van der Waals surface area contributed by atoms with Gasteiger partial charge in [0.25, 0.3) is 11.5 Å². The zero-order chi connectivity index (χ0) is 21.4. The lowest BCUT2D eigenvalue weighted by atomic mass is 10.2. The summed E-state index contributed by atoms with van der Waals surface area (Å²) in [5.41, 5.74) is 1.88. The van der Waals surface area contributed by atoms with Crippen LogP contribution < -0.4 is 10.5 Å². The molecule has 0 radical (unpaired) electrons. The second-order valence-corrected chi connectivity index (χ2v) is 7.59. The maximum absolute atomic E-state index is 12.8. The minimum atomic E-state index is -0.272. The second kappa shape index (κ2) is 7.74. The van der Waals surface area contributed by atoms with Crippen LogP contribution in [0.5, 0.6) is 0 Å². The molecule has 9 nitrogen and oxygen atoms in total. The van der Waals surface area contributed by atoms with Gasteiger partial charge in [0.1, 0.15) is 17.2 Å². The number of nitrogens with zero attached hydrogens (tertiary/aromatic N) is 7. The number of hydrogen-bond acceptors (Lipinski definition) is 6. The normalized spacial score (nSPS) is 14.3. The summed E-state index contributed by atoms with van der Waals surface area (Å²) >= 11 is 0. The molecule has 0 N–H and O–H groups in total. The smallest absolute Gasteiger partial charge is 0.263 e. The van der Waals surface area contributed by atoms with Crippen molar-refractivity contribution in [3.05, 3.63) is 63.6 Å². The van der Waals surface area contributed by atoms with E-state index in [1.807, 2.05) is 37.6 Å². The lowest BCUT2D eigenvalue weighted by Gasteiger charge is -2.35. The predicted octanol–water partition coefficient (Wildman–Crippen LogP) is 1.25. The summed E-state index contributed by atoms with van der Waals surface area (Å²) in [7, 11) is 1.65. The quantitative estimate of drug-likeness (QED) is 0.649. The molecule has 3 aromatic heterocycles. The lowest BCUT2D eigenvalue weighted by molar-refractivity contribution is 0.0744. The molecule has 0 bridgehead atoms. The Morgan fingerprint density at radius 3 is 2.37 bits per heavy atom. The van der Waals surface area contributed by atoms with Crippen LogP contribution in [-0.4, -0.2) is 61.3 Å². The first-order valence-corrected chi connectivity index (χ1v) is 9.92. The van der Waals surface area contributed by atoms with E-state index in [-0.39, 0.29) is 17.0 Å². The molecule has 1 aliphatic heterocycles. The van der Waals surface area contributed by atoms with Gasteiger partial charge in [-0.05, 0) is 39.0 Å². The van der Waals surface area contributed by atoms with Gasteiger partial charge < -0.3 is 14.4 Å². The van der Waals surface area contributed by atoms with E-state index in [4.69, 9.17) is 0 Å². The Bertz CT molecular complexity index is 1160. The Hall–Kier alpha value is -3.49. The molecule has 0 saturated carbocycles. The van der Waals surface area contributed by atoms with Crippen LogP contribution in [0.15, 0.2) is 35.3 Å². The van der Waals surface area contributed by atoms with Crippen LogP contribution in [0, 0.1) is 20.8 Å². The number of piperazine rings is 1. The third-order valence-electron chi connectivity index (χ3n) is 5.28. The van der Waals surface area contributed by atoms with Gasteiger partial charge in [-0.2, -0.15) is 5.10 Å². The average molecular weight is 407 g/mol. The van der Waals surface area contributed by atoms with Crippen molar-refractivity contribution in [2.24, 2.45) is 7.05 Å². The fraction of sp³-hybridized carbons (Fsp3) is 0.381. The first-order valence-electron chi connectivity index (χ1n) is 9.92. The molecule has 0 atom stereocenters. The average Bonchev–Trinajstić information content (AvgIpc) is 3.07. The number of amides is 1. The molecule has 4 heterocycles. The molecule has 3 aromatic rings. The molecule has 0 unspecified atom stereocenters. The molecule has 30 heavy (non-hydrogen) atoms. The molecule has 9 heteroatoms. The van der Waals surface area contributed by atoms with E-state index >= 15 is 0 Å². The molecular formula is C21H25N7O2. The Morgan fingerprint density at radius 2 is 1.70 bits per heavy atom. The molecule has 0 spiro atoms. The number of aryl methyl sites for hydroxylation is 4. The maximum atomic E-state index is 12.8. The summed E-state index contributed by atoms with van der Waals surface area (Å²) in [6.07, 6.45) is 1.65. The van der Waals surface area contributed by atoms with Crippen molar-refractivity contribution in [2.45, 2.75) is 20.8 Å². The SMILES string of the molecule is Cc1cc(C)n(-c2cc(N3CCN(C(=O)c4cccn(C)c4=O)CC3)nc(C)n2)n1. The fourth-order valence-electron chi connectivity index (χ4n) is 3.74. The zero-order valence-electron chi connectivity index (χ0n) is 17.7. The highest BCUT2D eigenvalue weighted by atomic mass is 16.2. The van der Waals surface area contributed by atoms with Crippen molar-refractivity contribution in [3.8, 4) is 5.82 Å². The van der Waals surface area contributed by atoms with Crippen LogP contribution in [-0.2, 0) is 7.05 Å². The van der Waals surface area contributed by atoms with Gasteiger partial charge in [-0.15, -0.1) is 0 Å². The highest BCUT2D eigenvalue weighted by Crippen LogP contribution is 2.19. The van der Waals surface area contributed by atoms with Crippen molar-refractivity contribution >= 4 is 11.7 Å². The molecule has 0 aromatic carbocycles. The number of pyridine rings is 1. The van der Waals surface area contributed by atoms with Crippen LogP contribution in [0.25, 0.3) is 5.82 Å². The molecule has 156 valence electrons. The number of rotatable bonds is 3. The van der Waals surface area contributed by atoms with Gasteiger partial charge in [0, 0.05) is 51.2 Å². The minimum Gasteiger partial charge on any atom is -0.353 e. The third-order valence-corrected chi connectivity index (χ3v) is 5.28. The van der Waals surface area contributed by atoms with Crippen molar-refractivity contribution in [3.63, 3.8) is 0 Å². The molecule has 1 saturated heterocycles. The summed E-state index contributed by atoms with van der Waals surface area (Å²) in [4.78, 5) is 38.0. The third kappa shape index (κ3) is 3.70. The largest absolute Gasteiger partial charge is 0.353 e. The second-order valence-electron chi connectivity index (χ2n) is 7.59. The van der Waals surface area contributed by atoms with E-state index in [1.165, 1.54) is 4.57 Å². The molecule has 1 aliphatic rings. The van der Waals surface area contributed by atoms with Gasteiger partial charge in [-0.25, -0.2) is 14.6 Å². The number of carbonyl (C=O) groups excluding carboxylic acids is 1. The maximum Gasteiger partial charge on any atom is 0.263 e. The summed E-state index contributed by atoms with van der Waals surface area (Å²) in [5, 5.41) is 4.52. The van der Waals surface area contributed by atoms with Gasteiger partial charge in [0.2, 0.25) is 0 Å². The number of hydrogen-bond donors (Lipinski definition) is 0. The molecular weight excluding hydrogens is 382 g/mol. The van der Waals surface area contributed by atoms with E-state index < -0.39 is 0 Å². The van der Waals surface area contributed by atoms with Gasteiger partial charge in [-0.3, -0.25) is 9.59 Å². The van der Waals surface area contributed by atoms with E-state index in [0.29, 0.717) is 32.0 Å². The zero-order valence-corrected chi connectivity index (χ0v) is 17.7. The first-order chi connectivity index (χ1) is 14.3. The van der Waals surface area contributed by atoms with Crippen molar-refractivity contribution in [1.82, 2.24) is 29.2 Å². The van der Waals surface area contributed by atoms with Crippen LogP contribution >= 0.6 is 0 Å². The van der Waals surface area contributed by atoms with Crippen LogP contribution in [0.2, 0.25) is 0 Å². The van der Waals surface area contributed by atoms with E-state index in [9.17, 15) is 9.59 Å². The number of anilines is 1. The van der Waals surface area contributed by atoms with Gasteiger partial charge in [0.05, 0.1) is 5.69 Å². The van der Waals surface area contributed by atoms with E-state index in [2.05, 4.69) is 20.0 Å². The van der Waals surface area contributed by atoms with Gasteiger partial charge in [-0.1, -0.05) is 0 Å². The van der Waals surface area contributed by atoms with Gasteiger partial charge >= 0.3 is 0 Å². The van der Waals surface area contributed by atoms with Crippen molar-refractivity contribution in [1.29, 1.82) is 0 Å². The standard InChI is InChI=1S/C21H25N7O2/c1-14-12-15(2)28(24-14)19-13-18(22-16(3)23-19)26-8-10-27(11-9-26)21(30)17-6-5-7-25(4)20(17)29/h5-7,12-13H,8-11H2,1-4H3. The summed E-state index contributed by atoms with van der Waals surface area (Å²) < 4.78 is 3.24. The number of carbonyl (C=O) groups is 1. The first kappa shape index (κ1) is 19.8. The summed E-state index contributed by atoms with van der Waals surface area (Å²) in [5.74, 6) is 1.99. The van der Waals surface area contributed by atoms with Crippen LogP contribution in [0.3, 0.4) is 0 Å². The molecule has 1 amide bonds. The lowest BCUT2D eigenvalue weighted by Crippen LogP contribution is -2.50. The van der Waals surface area contributed by atoms with Gasteiger partial charge in [0.15, 0.2) is 5.82 Å². The highest BCUT2D eigenvalue weighted by molar-refractivity contribution is 5.94. The predicted molar refractivity (Wildman–Crippen MR) is 113 cm³/mol. The summed E-state index contributed by atoms with van der Waals surface area (Å²) in [6.45, 7) is 8.12. The topological polar surface area (TPSA) is 89.1 Å². The van der Waals surface area contributed by atoms with Crippen LogP contribution in [0.1, 0.15) is 27.6 Å².